The van der Waals surface area contributed by atoms with Crippen LogP contribution in [0.5, 0.6) is 0 Å². The van der Waals surface area contributed by atoms with Crippen LogP contribution in [0.15, 0.2) is 36.4 Å². The fraction of sp³-hybridized carbons (Fsp3) is 0.400. The Bertz CT molecular complexity index is 1290. The lowest BCUT2D eigenvalue weighted by atomic mass is 10.1. The Morgan fingerprint density at radius 3 is 2.54 bits per heavy atom. The molecule has 0 bridgehead atoms. The van der Waals surface area contributed by atoms with E-state index in [1.807, 2.05) is 31.2 Å². The van der Waals surface area contributed by atoms with Crippen molar-refractivity contribution in [1.82, 2.24) is 15.0 Å². The predicted molar refractivity (Wildman–Crippen MR) is 141 cm³/mol. The Kier molecular flexibility index (Phi) is 6.99. The summed E-state index contributed by atoms with van der Waals surface area (Å²) in [6.45, 7) is 4.54. The topological polar surface area (TPSA) is 123 Å². The van der Waals surface area contributed by atoms with Crippen LogP contribution in [0.25, 0.3) is 20.8 Å². The number of para-hydroxylation sites is 1. The Morgan fingerprint density at radius 1 is 1.00 bits per heavy atom. The molecular formula is C25H29N5O3S2. The molecular weight excluding hydrogens is 482 g/mol. The highest BCUT2D eigenvalue weighted by molar-refractivity contribution is 7.21. The van der Waals surface area contributed by atoms with Gasteiger partial charge in [0, 0.05) is 28.8 Å². The predicted octanol–water partition coefficient (Wildman–Crippen LogP) is 3.60. The summed E-state index contributed by atoms with van der Waals surface area (Å²) in [4.78, 5) is 16.9. The number of benzene rings is 1. The van der Waals surface area contributed by atoms with Crippen molar-refractivity contribution < 1.29 is 15.3 Å². The number of hydrogen-bond acceptors (Lipinski definition) is 10. The highest BCUT2D eigenvalue weighted by atomic mass is 32.1. The number of fused-ring (bicyclic) bond motifs is 1. The van der Waals surface area contributed by atoms with Gasteiger partial charge in [0.2, 0.25) is 5.95 Å². The molecule has 1 aliphatic rings. The molecule has 0 amide bonds. The first kappa shape index (κ1) is 24.1. The van der Waals surface area contributed by atoms with Gasteiger partial charge in [-0.1, -0.05) is 12.1 Å². The minimum absolute atomic E-state index is 0.182. The van der Waals surface area contributed by atoms with Crippen molar-refractivity contribution in [2.75, 3.05) is 23.8 Å². The third kappa shape index (κ3) is 5.03. The normalized spacial score (nSPS) is 22.1. The van der Waals surface area contributed by atoms with Crippen LogP contribution in [0, 0.1) is 19.8 Å². The van der Waals surface area contributed by atoms with Crippen LogP contribution in [-0.2, 0) is 6.42 Å². The maximum atomic E-state index is 10.6. The van der Waals surface area contributed by atoms with E-state index in [1.165, 1.54) is 9.75 Å². The molecule has 1 fully saturated rings. The zero-order valence-corrected chi connectivity index (χ0v) is 21.2. The van der Waals surface area contributed by atoms with Gasteiger partial charge in [0.25, 0.3) is 0 Å². The molecule has 3 heterocycles. The van der Waals surface area contributed by atoms with E-state index in [-0.39, 0.29) is 12.5 Å². The molecule has 8 nitrogen and oxygen atoms in total. The van der Waals surface area contributed by atoms with Gasteiger partial charge in [-0.25, -0.2) is 9.97 Å². The first-order valence-corrected chi connectivity index (χ1v) is 13.3. The number of hydrogen-bond donors (Lipinski definition) is 5. The van der Waals surface area contributed by atoms with Gasteiger partial charge in [-0.15, -0.1) is 22.7 Å². The van der Waals surface area contributed by atoms with E-state index in [2.05, 4.69) is 29.7 Å². The van der Waals surface area contributed by atoms with Crippen LogP contribution in [0.3, 0.4) is 0 Å². The summed E-state index contributed by atoms with van der Waals surface area (Å²) < 4.78 is 1.07. The van der Waals surface area contributed by atoms with E-state index >= 15 is 0 Å². The van der Waals surface area contributed by atoms with Crippen LogP contribution in [0.2, 0.25) is 0 Å². The third-order valence-electron chi connectivity index (χ3n) is 6.41. The number of aromatic nitrogens is 3. The van der Waals surface area contributed by atoms with Gasteiger partial charge < -0.3 is 26.0 Å². The van der Waals surface area contributed by atoms with Gasteiger partial charge in [0.1, 0.15) is 16.9 Å². The minimum Gasteiger partial charge on any atom is -0.396 e. The Hall–Kier alpha value is -2.63. The molecule has 5 N–H and O–H groups in total. The molecule has 0 unspecified atom stereocenters. The highest BCUT2D eigenvalue weighted by Gasteiger charge is 2.41. The summed E-state index contributed by atoms with van der Waals surface area (Å²) in [6.07, 6.45) is -0.696. The highest BCUT2D eigenvalue weighted by Crippen LogP contribution is 2.38. The molecule has 1 aliphatic carbocycles. The number of nitrogens with one attached hydrogen (secondary N) is 2. The maximum absolute atomic E-state index is 10.6. The average molecular weight is 512 g/mol. The van der Waals surface area contributed by atoms with Crippen molar-refractivity contribution in [2.24, 2.45) is 5.92 Å². The molecule has 0 radical (unpaired) electrons. The van der Waals surface area contributed by atoms with Crippen molar-refractivity contribution >= 4 is 44.7 Å². The SMILES string of the molecule is Cc1ccc(CCNc2nc(C)c(-c3nc4ccccc4s3)c(N[C@@H]3C[C@H](CO)[C@@H](O)[C@H]3O)n2)s1. The van der Waals surface area contributed by atoms with E-state index in [0.29, 0.717) is 24.7 Å². The molecule has 0 aliphatic heterocycles. The van der Waals surface area contributed by atoms with Gasteiger partial charge in [0.05, 0.1) is 33.6 Å². The number of thiazole rings is 1. The van der Waals surface area contributed by atoms with Gasteiger partial charge in [0.15, 0.2) is 0 Å². The number of thiophene rings is 1. The van der Waals surface area contributed by atoms with E-state index in [9.17, 15) is 15.3 Å². The molecule has 0 spiro atoms. The molecule has 4 aromatic rings. The molecule has 3 aromatic heterocycles. The lowest BCUT2D eigenvalue weighted by Crippen LogP contribution is -2.35. The van der Waals surface area contributed by atoms with E-state index in [0.717, 1.165) is 32.9 Å². The van der Waals surface area contributed by atoms with Crippen molar-refractivity contribution in [3.63, 3.8) is 0 Å². The lowest BCUT2D eigenvalue weighted by molar-refractivity contribution is 0.00446. The summed E-state index contributed by atoms with van der Waals surface area (Å²) in [6, 6.07) is 11.8. The number of aliphatic hydroxyl groups is 3. The molecule has 5 rings (SSSR count). The Balaban J connectivity index is 1.46. The zero-order valence-electron chi connectivity index (χ0n) is 19.6. The number of aryl methyl sites for hydroxylation is 2. The third-order valence-corrected chi connectivity index (χ3v) is 8.52. The smallest absolute Gasteiger partial charge is 0.224 e. The molecule has 184 valence electrons. The average Bonchev–Trinajstić information content (AvgIpc) is 3.52. The summed E-state index contributed by atoms with van der Waals surface area (Å²) in [5.41, 5.74) is 2.45. The van der Waals surface area contributed by atoms with Crippen LogP contribution in [-0.4, -0.2) is 61.7 Å². The van der Waals surface area contributed by atoms with Crippen LogP contribution < -0.4 is 10.6 Å². The van der Waals surface area contributed by atoms with Crippen molar-refractivity contribution in [3.05, 3.63) is 51.8 Å². The van der Waals surface area contributed by atoms with Crippen LogP contribution in [0.4, 0.5) is 11.8 Å². The maximum Gasteiger partial charge on any atom is 0.224 e. The van der Waals surface area contributed by atoms with E-state index in [4.69, 9.17) is 15.0 Å². The first-order valence-electron chi connectivity index (χ1n) is 11.7. The Morgan fingerprint density at radius 2 is 1.83 bits per heavy atom. The number of aliphatic hydroxyl groups excluding tert-OH is 3. The quantitative estimate of drug-likeness (QED) is 0.243. The van der Waals surface area contributed by atoms with Crippen LogP contribution in [0.1, 0.15) is 21.9 Å². The second-order valence-corrected chi connectivity index (χ2v) is 11.3. The molecule has 1 aromatic carbocycles. The minimum atomic E-state index is -1.01. The van der Waals surface area contributed by atoms with Crippen molar-refractivity contribution in [3.8, 4) is 10.6 Å². The van der Waals surface area contributed by atoms with Gasteiger partial charge in [-0.05, 0) is 51.0 Å². The monoisotopic (exact) mass is 511 g/mol. The van der Waals surface area contributed by atoms with Crippen molar-refractivity contribution in [1.29, 1.82) is 0 Å². The Labute approximate surface area is 211 Å². The number of nitrogens with zero attached hydrogens (tertiary/aromatic N) is 3. The van der Waals surface area contributed by atoms with E-state index in [1.54, 1.807) is 22.7 Å². The summed E-state index contributed by atoms with van der Waals surface area (Å²) in [5, 5.41) is 38.0. The fourth-order valence-corrected chi connectivity index (χ4v) is 6.49. The second-order valence-electron chi connectivity index (χ2n) is 8.94. The lowest BCUT2D eigenvalue weighted by Gasteiger charge is -2.21. The second kappa shape index (κ2) is 10.2. The fourth-order valence-electron chi connectivity index (χ4n) is 4.53. The summed E-state index contributed by atoms with van der Waals surface area (Å²) in [7, 11) is 0. The molecule has 35 heavy (non-hydrogen) atoms. The first-order chi connectivity index (χ1) is 16.9. The molecule has 4 atom stereocenters. The molecule has 10 heteroatoms. The summed E-state index contributed by atoms with van der Waals surface area (Å²) >= 11 is 3.35. The van der Waals surface area contributed by atoms with Crippen molar-refractivity contribution in [2.45, 2.75) is 44.9 Å². The van der Waals surface area contributed by atoms with Gasteiger partial charge >= 0.3 is 0 Å². The number of rotatable bonds is 8. The summed E-state index contributed by atoms with van der Waals surface area (Å²) in [5.74, 6) is 0.666. The standard InChI is InChI=1S/C25H29N5O3S2/c1-13-7-8-16(34-13)9-10-26-25-27-14(2)20(24-29-17-5-3-4-6-19(17)35-24)23(30-25)28-18-11-15(12-31)21(32)22(18)33/h3-8,15,18,21-22,31-33H,9-12H2,1-2H3,(H2,26,27,28,30)/t15-,18-,21-,22+/m1/s1. The zero-order chi connectivity index (χ0) is 24.5. The molecule has 1 saturated carbocycles. The van der Waals surface area contributed by atoms with Gasteiger partial charge in [-0.3, -0.25) is 0 Å². The number of anilines is 2. The molecule has 0 saturated heterocycles. The van der Waals surface area contributed by atoms with E-state index < -0.39 is 18.2 Å². The largest absolute Gasteiger partial charge is 0.396 e. The van der Waals surface area contributed by atoms with Crippen LogP contribution >= 0.6 is 22.7 Å². The van der Waals surface area contributed by atoms with Gasteiger partial charge in [-0.2, -0.15) is 4.98 Å².